The molecule has 3 nitrogen and oxygen atoms in total. The summed E-state index contributed by atoms with van der Waals surface area (Å²) in [5.41, 5.74) is 22.0. The molecular weight excluding hydrogens is 960 g/mol. The number of para-hydroxylation sites is 1. The van der Waals surface area contributed by atoms with E-state index in [9.17, 15) is 0 Å². The molecule has 0 spiro atoms. The maximum Gasteiger partial charge on any atom is 0.343 e. The van der Waals surface area contributed by atoms with Crippen LogP contribution in [0.2, 0.25) is 0 Å². The summed E-state index contributed by atoms with van der Waals surface area (Å²) in [4.78, 5) is 5.39. The van der Waals surface area contributed by atoms with Crippen molar-refractivity contribution in [2.75, 3.05) is 9.71 Å². The third-order valence-corrected chi connectivity index (χ3v) is 21.3. The van der Waals surface area contributed by atoms with E-state index >= 15 is 0 Å². The molecule has 2 aliphatic heterocycles. The summed E-state index contributed by atoms with van der Waals surface area (Å²) in [5, 5.41) is 6.37. The fraction of sp³-hybridized carbons (Fsp3) is 0.286. The van der Waals surface area contributed by atoms with E-state index in [0.29, 0.717) is 0 Å². The number of thiophene rings is 2. The molecule has 3 aromatic heterocycles. The molecule has 11 aromatic rings. The van der Waals surface area contributed by atoms with Crippen LogP contribution in [0.1, 0.15) is 129 Å². The van der Waals surface area contributed by atoms with Gasteiger partial charge in [0.15, 0.2) is 5.58 Å². The Balaban J connectivity index is 1.09. The molecule has 76 heavy (non-hydrogen) atoms. The first-order valence-electron chi connectivity index (χ1n) is 28.1. The van der Waals surface area contributed by atoms with E-state index in [1.165, 1.54) is 145 Å². The van der Waals surface area contributed by atoms with Gasteiger partial charge in [0, 0.05) is 68.4 Å². The maximum absolute atomic E-state index is 7.35. The molecule has 8 aromatic carbocycles. The van der Waals surface area contributed by atoms with Gasteiger partial charge in [0.05, 0.1) is 11.4 Å². The van der Waals surface area contributed by atoms with Gasteiger partial charge in [0.1, 0.15) is 5.58 Å². The molecule has 0 saturated carbocycles. The van der Waals surface area contributed by atoms with Crippen LogP contribution in [0, 0.1) is 0 Å². The van der Waals surface area contributed by atoms with Crippen LogP contribution >= 0.6 is 22.7 Å². The summed E-state index contributed by atoms with van der Waals surface area (Å²) in [6.45, 7) is 21.9. The lowest BCUT2D eigenvalue weighted by Crippen LogP contribution is -2.60. The lowest BCUT2D eigenvalue weighted by molar-refractivity contribution is 0.332. The smallest absolute Gasteiger partial charge is 0.343 e. The highest BCUT2D eigenvalue weighted by Gasteiger charge is 2.50. The molecular formula is C70H65BN2OS2. The van der Waals surface area contributed by atoms with Crippen molar-refractivity contribution in [3.05, 3.63) is 173 Å². The fourth-order valence-corrected chi connectivity index (χ4v) is 16.7. The van der Waals surface area contributed by atoms with Crippen LogP contribution in [-0.4, -0.2) is 6.85 Å². The zero-order chi connectivity index (χ0) is 51.8. The molecule has 0 saturated heterocycles. The van der Waals surface area contributed by atoms with Crippen molar-refractivity contribution in [2.45, 2.75) is 129 Å². The van der Waals surface area contributed by atoms with E-state index < -0.39 is 0 Å². The summed E-state index contributed by atoms with van der Waals surface area (Å²) in [7, 11) is 0. The lowest BCUT2D eigenvalue weighted by Gasteiger charge is -2.44. The van der Waals surface area contributed by atoms with Crippen LogP contribution in [0.3, 0.4) is 0 Å². The Kier molecular flexibility index (Phi) is 9.97. The van der Waals surface area contributed by atoms with E-state index in [1.54, 1.807) is 0 Å². The summed E-state index contributed by atoms with van der Waals surface area (Å²) < 4.78 is 12.8. The third-order valence-electron chi connectivity index (χ3n) is 18.9. The predicted octanol–water partition coefficient (Wildman–Crippen LogP) is 19.6. The SMILES string of the molecule is CCCCc1ccc(N2c3c(sc4cc5c(cc34)C(C)(C)CCC5(C)C)B3c4c(cc5c(oc6ccccc65)c42)-c2cc4c(cc2N3c2ccc(-c3ccccc3)cc2)sc2cc3c(cc24)C(C)(C)CCC3(C)C)cc1. The Morgan fingerprint density at radius 3 is 1.72 bits per heavy atom. The summed E-state index contributed by atoms with van der Waals surface area (Å²) in [6.07, 6.45) is 8.16. The molecule has 4 aliphatic rings. The van der Waals surface area contributed by atoms with Gasteiger partial charge >= 0.3 is 6.85 Å². The van der Waals surface area contributed by atoms with Crippen LogP contribution < -0.4 is 20.0 Å². The Hall–Kier alpha value is -6.60. The van der Waals surface area contributed by atoms with Gasteiger partial charge in [-0.3, -0.25) is 0 Å². The first kappa shape index (κ1) is 46.7. The molecule has 0 bridgehead atoms. The molecule has 0 amide bonds. The Morgan fingerprint density at radius 1 is 0.500 bits per heavy atom. The predicted molar refractivity (Wildman–Crippen MR) is 330 cm³/mol. The largest absolute Gasteiger partial charge is 0.454 e. The zero-order valence-corrected chi connectivity index (χ0v) is 47.1. The van der Waals surface area contributed by atoms with Gasteiger partial charge < -0.3 is 14.1 Å². The normalized spacial score (nSPS) is 17.6. The first-order chi connectivity index (χ1) is 36.6. The second-order valence-corrected chi connectivity index (χ2v) is 27.7. The number of benzene rings is 8. The maximum atomic E-state index is 7.35. The molecule has 15 rings (SSSR count). The number of hydrogen-bond acceptors (Lipinski definition) is 5. The van der Waals surface area contributed by atoms with Crippen LogP contribution in [0.4, 0.5) is 28.4 Å². The minimum absolute atomic E-state index is 0.0437. The van der Waals surface area contributed by atoms with Crippen molar-refractivity contribution in [1.29, 1.82) is 0 Å². The molecule has 376 valence electrons. The molecule has 6 heteroatoms. The minimum atomic E-state index is -0.149. The number of rotatable bonds is 6. The van der Waals surface area contributed by atoms with Crippen molar-refractivity contribution in [1.82, 2.24) is 0 Å². The molecule has 5 heterocycles. The summed E-state index contributed by atoms with van der Waals surface area (Å²) in [6, 6.07) is 56.7. The highest BCUT2D eigenvalue weighted by molar-refractivity contribution is 7.32. The highest BCUT2D eigenvalue weighted by atomic mass is 32.1. The van der Waals surface area contributed by atoms with Gasteiger partial charge in [0.2, 0.25) is 0 Å². The number of furan rings is 1. The quantitative estimate of drug-likeness (QED) is 0.155. The number of unbranched alkanes of at least 4 members (excludes halogenated alkanes) is 1. The zero-order valence-electron chi connectivity index (χ0n) is 45.5. The average molecular weight is 1030 g/mol. The second-order valence-electron chi connectivity index (χ2n) is 25.6. The van der Waals surface area contributed by atoms with Crippen molar-refractivity contribution in [3.8, 4) is 22.3 Å². The summed E-state index contributed by atoms with van der Waals surface area (Å²) in [5.74, 6) is 0. The van der Waals surface area contributed by atoms with E-state index in [-0.39, 0.29) is 28.5 Å². The molecule has 0 N–H and O–H groups in total. The molecule has 0 fully saturated rings. The average Bonchev–Trinajstić information content (AvgIpc) is 4.23. The first-order valence-corrected chi connectivity index (χ1v) is 29.7. The fourth-order valence-electron chi connectivity index (χ4n) is 14.3. The van der Waals surface area contributed by atoms with Crippen molar-refractivity contribution in [3.63, 3.8) is 0 Å². The van der Waals surface area contributed by atoms with Gasteiger partial charge in [0.25, 0.3) is 0 Å². The number of anilines is 5. The third kappa shape index (κ3) is 6.71. The van der Waals surface area contributed by atoms with Crippen LogP contribution in [0.5, 0.6) is 0 Å². The Morgan fingerprint density at radius 2 is 1.05 bits per heavy atom. The van der Waals surface area contributed by atoms with Gasteiger partial charge in [-0.05, 0) is 183 Å². The van der Waals surface area contributed by atoms with E-state index in [4.69, 9.17) is 4.42 Å². The Bertz CT molecular complexity index is 4230. The number of aryl methyl sites for hydroxylation is 1. The summed E-state index contributed by atoms with van der Waals surface area (Å²) >= 11 is 4.00. The molecule has 0 radical (unpaired) electrons. The van der Waals surface area contributed by atoms with Gasteiger partial charge in [-0.15, -0.1) is 22.7 Å². The Labute approximate surface area is 456 Å². The van der Waals surface area contributed by atoms with E-state index in [0.717, 1.165) is 40.5 Å². The van der Waals surface area contributed by atoms with Gasteiger partial charge in [-0.2, -0.15) is 0 Å². The monoisotopic (exact) mass is 1020 g/mol. The van der Waals surface area contributed by atoms with Crippen LogP contribution in [0.25, 0.3) is 74.5 Å². The second kappa shape index (κ2) is 16.2. The highest BCUT2D eigenvalue weighted by Crippen LogP contribution is 2.57. The topological polar surface area (TPSA) is 19.6 Å². The number of nitrogens with zero attached hydrogens (tertiary/aromatic N) is 2. The van der Waals surface area contributed by atoms with Crippen molar-refractivity contribution < 1.29 is 4.42 Å². The van der Waals surface area contributed by atoms with Crippen molar-refractivity contribution in [2.24, 2.45) is 0 Å². The van der Waals surface area contributed by atoms with Gasteiger partial charge in [-0.25, -0.2) is 0 Å². The molecule has 2 aliphatic carbocycles. The van der Waals surface area contributed by atoms with E-state index in [2.05, 4.69) is 218 Å². The lowest BCUT2D eigenvalue weighted by atomic mass is 9.46. The van der Waals surface area contributed by atoms with Crippen LogP contribution in [0.15, 0.2) is 150 Å². The molecule has 0 unspecified atom stereocenters. The number of fused-ring (bicyclic) bond motifs is 15. The van der Waals surface area contributed by atoms with Crippen molar-refractivity contribution >= 4 is 120 Å². The van der Waals surface area contributed by atoms with E-state index in [1.807, 2.05) is 22.7 Å². The molecule has 0 atom stereocenters. The minimum Gasteiger partial charge on any atom is -0.454 e. The van der Waals surface area contributed by atoms with Gasteiger partial charge in [-0.1, -0.05) is 142 Å². The van der Waals surface area contributed by atoms with Crippen LogP contribution in [-0.2, 0) is 28.1 Å². The standard InChI is InChI=1S/C70H65BN2OS2/c1-10-11-17-41-22-26-44(27-23-41)72-63-52-37-54-56(70(8,9)33-31-68(54,4)5)39-60(52)76-66(63)71-62-50(35-51-46-20-15-16-21-58(46)74-65(51)64(62)72)47-34-48-49-36-53-55(69(6,7)32-30-67(53,2)3)38-59(49)75-61(48)40-57(47)73(71)45-28-24-43(25-29-45)42-18-13-12-14-19-42/h12-16,18-29,34-40H,10-11,17,30-33H2,1-9H3. The number of hydrogen-bond donors (Lipinski definition) is 0.